The fourth-order valence-corrected chi connectivity index (χ4v) is 3.30. The summed E-state index contributed by atoms with van der Waals surface area (Å²) in [6.45, 7) is 3.60. The zero-order valence-electron chi connectivity index (χ0n) is 9.28. The maximum Gasteiger partial charge on any atom is 0.239 e. The number of amides is 1. The van der Waals surface area contributed by atoms with E-state index in [4.69, 9.17) is 5.73 Å². The van der Waals surface area contributed by atoms with E-state index in [0.717, 1.165) is 31.2 Å². The van der Waals surface area contributed by atoms with Crippen molar-refractivity contribution in [1.82, 2.24) is 4.90 Å². The van der Waals surface area contributed by atoms with Crippen LogP contribution in [0.2, 0.25) is 0 Å². The van der Waals surface area contributed by atoms with Crippen LogP contribution in [0.25, 0.3) is 0 Å². The molecule has 0 radical (unpaired) electrons. The van der Waals surface area contributed by atoms with Gasteiger partial charge in [0.1, 0.15) is 0 Å². The molecule has 86 valence electrons. The van der Waals surface area contributed by atoms with E-state index in [9.17, 15) is 4.79 Å². The van der Waals surface area contributed by atoms with E-state index in [-0.39, 0.29) is 11.9 Å². The number of nitrogens with two attached hydrogens (primary N) is 1. The Bertz CT molecular complexity index is 261. The van der Waals surface area contributed by atoms with Gasteiger partial charge in [-0.05, 0) is 43.3 Å². The van der Waals surface area contributed by atoms with E-state index in [0.29, 0.717) is 5.41 Å². The number of hydrogen-bond acceptors (Lipinski definition) is 3. The molecule has 0 bridgehead atoms. The highest BCUT2D eigenvalue weighted by atomic mass is 32.1. The quantitative estimate of drug-likeness (QED) is 0.690. The van der Waals surface area contributed by atoms with Crippen LogP contribution in [0.1, 0.15) is 26.2 Å². The van der Waals surface area contributed by atoms with Crippen molar-refractivity contribution in [2.45, 2.75) is 32.2 Å². The molecular weight excluding hydrogens is 208 g/mol. The molecule has 2 N–H and O–H groups in total. The minimum atomic E-state index is -0.346. The van der Waals surface area contributed by atoms with E-state index < -0.39 is 0 Å². The Morgan fingerprint density at radius 1 is 1.67 bits per heavy atom. The van der Waals surface area contributed by atoms with Crippen LogP contribution in [0.5, 0.6) is 0 Å². The molecule has 1 amide bonds. The van der Waals surface area contributed by atoms with Gasteiger partial charge in [-0.15, -0.1) is 0 Å². The molecule has 1 spiro atoms. The van der Waals surface area contributed by atoms with Gasteiger partial charge in [0, 0.05) is 13.1 Å². The summed E-state index contributed by atoms with van der Waals surface area (Å²) in [6.07, 6.45) is 3.66. The van der Waals surface area contributed by atoms with Crippen molar-refractivity contribution < 1.29 is 4.79 Å². The van der Waals surface area contributed by atoms with Gasteiger partial charge in [0.15, 0.2) is 0 Å². The van der Waals surface area contributed by atoms with Crippen LogP contribution in [0.4, 0.5) is 0 Å². The minimum absolute atomic E-state index is 0.112. The van der Waals surface area contributed by atoms with Gasteiger partial charge >= 0.3 is 0 Å². The Kier molecular flexibility index (Phi) is 2.99. The highest BCUT2D eigenvalue weighted by Crippen LogP contribution is 2.51. The van der Waals surface area contributed by atoms with Crippen molar-refractivity contribution in [1.29, 1.82) is 0 Å². The predicted molar refractivity (Wildman–Crippen MR) is 63.9 cm³/mol. The lowest BCUT2D eigenvalue weighted by Gasteiger charge is -2.44. The highest BCUT2D eigenvalue weighted by Gasteiger charge is 2.48. The van der Waals surface area contributed by atoms with E-state index in [1.165, 1.54) is 12.8 Å². The molecule has 2 fully saturated rings. The molecule has 0 aromatic carbocycles. The van der Waals surface area contributed by atoms with Gasteiger partial charge in [0.05, 0.1) is 6.04 Å². The third kappa shape index (κ3) is 2.02. The summed E-state index contributed by atoms with van der Waals surface area (Å²) in [5.74, 6) is 1.88. The number of nitrogens with zero attached hydrogens (tertiary/aromatic N) is 1. The summed E-state index contributed by atoms with van der Waals surface area (Å²) in [5, 5.41) is 0. The van der Waals surface area contributed by atoms with Crippen molar-refractivity contribution in [3.05, 3.63) is 0 Å². The normalized spacial score (nSPS) is 36.7. The molecule has 1 saturated carbocycles. The number of likely N-dealkylation sites (tertiary alicyclic amines) is 1. The van der Waals surface area contributed by atoms with Gasteiger partial charge in [-0.2, -0.15) is 12.6 Å². The predicted octanol–water partition coefficient (Wildman–Crippen LogP) is 0.892. The van der Waals surface area contributed by atoms with Gasteiger partial charge in [0.25, 0.3) is 0 Å². The Labute approximate surface area is 96.8 Å². The second kappa shape index (κ2) is 3.98. The smallest absolute Gasteiger partial charge is 0.239 e. The molecule has 1 saturated heterocycles. The van der Waals surface area contributed by atoms with Gasteiger partial charge in [-0.3, -0.25) is 4.79 Å². The van der Waals surface area contributed by atoms with Crippen LogP contribution in [-0.4, -0.2) is 35.7 Å². The van der Waals surface area contributed by atoms with Crippen LogP contribution in [0.3, 0.4) is 0 Å². The van der Waals surface area contributed by atoms with Crippen molar-refractivity contribution in [2.24, 2.45) is 17.1 Å². The molecule has 0 unspecified atom stereocenters. The molecule has 15 heavy (non-hydrogen) atoms. The second-order valence-electron chi connectivity index (χ2n) is 5.26. The van der Waals surface area contributed by atoms with Crippen molar-refractivity contribution in [3.8, 4) is 0 Å². The topological polar surface area (TPSA) is 46.3 Å². The molecule has 2 rings (SSSR count). The van der Waals surface area contributed by atoms with Crippen LogP contribution < -0.4 is 5.73 Å². The summed E-state index contributed by atoms with van der Waals surface area (Å²) in [6, 6.07) is -0.346. The van der Waals surface area contributed by atoms with Gasteiger partial charge in [-0.25, -0.2) is 0 Å². The van der Waals surface area contributed by atoms with Gasteiger partial charge in [0.2, 0.25) is 5.91 Å². The molecule has 0 aromatic rings. The zero-order valence-corrected chi connectivity index (χ0v) is 10.2. The first kappa shape index (κ1) is 11.3. The fourth-order valence-electron chi connectivity index (χ4n) is 3.04. The van der Waals surface area contributed by atoms with Crippen LogP contribution in [0.15, 0.2) is 0 Å². The average molecular weight is 228 g/mol. The largest absolute Gasteiger partial charge is 0.341 e. The first-order valence-corrected chi connectivity index (χ1v) is 6.35. The van der Waals surface area contributed by atoms with Crippen molar-refractivity contribution in [3.63, 3.8) is 0 Å². The summed E-state index contributed by atoms with van der Waals surface area (Å²) in [7, 11) is 0. The van der Waals surface area contributed by atoms with Crippen LogP contribution >= 0.6 is 12.6 Å². The number of carbonyl (C=O) groups is 1. The maximum atomic E-state index is 11.7. The summed E-state index contributed by atoms with van der Waals surface area (Å²) in [5.41, 5.74) is 6.04. The molecule has 2 aliphatic rings. The van der Waals surface area contributed by atoms with E-state index in [2.05, 4.69) is 12.6 Å². The first-order valence-electron chi connectivity index (χ1n) is 5.71. The molecule has 3 nitrogen and oxygen atoms in total. The van der Waals surface area contributed by atoms with Crippen LogP contribution in [-0.2, 0) is 4.79 Å². The Morgan fingerprint density at radius 2 is 2.33 bits per heavy atom. The highest BCUT2D eigenvalue weighted by molar-refractivity contribution is 7.80. The lowest BCUT2D eigenvalue weighted by Crippen LogP contribution is -2.45. The molecule has 1 atom stereocenters. The van der Waals surface area contributed by atoms with Gasteiger partial charge in [-0.1, -0.05) is 0 Å². The standard InChI is InChI=1S/C11H20N2OS/c1-8(12)10(14)13-3-2-11(7-13)4-9(5-11)6-15/h8-9,15H,2-7,12H2,1H3/t8-,9?,11?/m0/s1. The zero-order chi connectivity index (χ0) is 11.1. The SMILES string of the molecule is C[C@H](N)C(=O)N1CCC2(CC(CS)C2)C1. The molecule has 1 aliphatic carbocycles. The number of hydrogen-bond donors (Lipinski definition) is 2. The Morgan fingerprint density at radius 3 is 2.87 bits per heavy atom. The third-order valence-electron chi connectivity index (χ3n) is 3.84. The van der Waals surface area contributed by atoms with Crippen LogP contribution in [0, 0.1) is 11.3 Å². The molecule has 1 aliphatic heterocycles. The monoisotopic (exact) mass is 228 g/mol. The molecule has 4 heteroatoms. The second-order valence-corrected chi connectivity index (χ2v) is 5.62. The third-order valence-corrected chi connectivity index (χ3v) is 4.36. The van der Waals surface area contributed by atoms with E-state index >= 15 is 0 Å². The van der Waals surface area contributed by atoms with Gasteiger partial charge < -0.3 is 10.6 Å². The average Bonchev–Trinajstić information content (AvgIpc) is 2.58. The molecular formula is C11H20N2OS. The lowest BCUT2D eigenvalue weighted by atomic mass is 9.62. The Hall–Kier alpha value is -0.220. The molecule has 1 heterocycles. The number of carbonyl (C=O) groups excluding carboxylic acids is 1. The first-order chi connectivity index (χ1) is 7.06. The van der Waals surface area contributed by atoms with Crippen molar-refractivity contribution >= 4 is 18.5 Å². The summed E-state index contributed by atoms with van der Waals surface area (Å²) in [4.78, 5) is 13.7. The minimum Gasteiger partial charge on any atom is -0.341 e. The fraction of sp³-hybridized carbons (Fsp3) is 0.909. The number of rotatable bonds is 2. The lowest BCUT2D eigenvalue weighted by molar-refractivity contribution is -0.132. The number of thiol groups is 1. The van der Waals surface area contributed by atoms with Crippen molar-refractivity contribution in [2.75, 3.05) is 18.8 Å². The molecule has 0 aromatic heterocycles. The summed E-state index contributed by atoms with van der Waals surface area (Å²) >= 11 is 4.32. The van der Waals surface area contributed by atoms with E-state index in [1.54, 1.807) is 6.92 Å². The Balaban J connectivity index is 1.88. The van der Waals surface area contributed by atoms with E-state index in [1.807, 2.05) is 4.90 Å². The summed E-state index contributed by atoms with van der Waals surface area (Å²) < 4.78 is 0. The maximum absolute atomic E-state index is 11.7.